The maximum atomic E-state index is 13.3. The van der Waals surface area contributed by atoms with E-state index < -0.39 is 36.0 Å². The highest BCUT2D eigenvalue weighted by atomic mass is 16.5. The highest BCUT2D eigenvalue weighted by Gasteiger charge is 2.34. The van der Waals surface area contributed by atoms with Gasteiger partial charge in [-0.15, -0.1) is 6.58 Å². The van der Waals surface area contributed by atoms with E-state index in [0.717, 1.165) is 22.0 Å². The number of aromatic nitrogens is 1. The van der Waals surface area contributed by atoms with Crippen molar-refractivity contribution in [3.05, 3.63) is 60.5 Å². The minimum absolute atomic E-state index is 0.209. The summed E-state index contributed by atoms with van der Waals surface area (Å²) in [6, 6.07) is 6.25. The molecular weight excluding hydrogens is 546 g/mol. The van der Waals surface area contributed by atoms with Gasteiger partial charge in [0.25, 0.3) is 11.8 Å². The number of allylic oxidation sites excluding steroid dienone is 2. The summed E-state index contributed by atoms with van der Waals surface area (Å²) in [6.45, 7) is 11.3. The lowest BCUT2D eigenvalue weighted by Gasteiger charge is -2.35. The molecular formula is C33H43N5O5. The SMILES string of the molecule is C=CC[C@H]1CC/C=C/c2cc3cc(ccc3cn2)[C@@H](C)NC(=O)[C@@H]2CCCN(N2)C(=O)[C@H](C)NC(=O)[C@H](C(C)C)OC1=O. The summed E-state index contributed by atoms with van der Waals surface area (Å²) >= 11 is 0. The van der Waals surface area contributed by atoms with Crippen LogP contribution in [-0.2, 0) is 23.9 Å². The normalized spacial score (nSPS) is 27.1. The van der Waals surface area contributed by atoms with Crippen LogP contribution in [0.3, 0.4) is 0 Å². The first-order valence-electron chi connectivity index (χ1n) is 15.1. The molecule has 4 rings (SSSR count). The van der Waals surface area contributed by atoms with E-state index >= 15 is 0 Å². The van der Waals surface area contributed by atoms with E-state index in [1.807, 2.05) is 49.5 Å². The number of hydrazine groups is 1. The molecule has 10 heteroatoms. The predicted molar refractivity (Wildman–Crippen MR) is 165 cm³/mol. The molecule has 2 aliphatic rings. The Morgan fingerprint density at radius 1 is 1.05 bits per heavy atom. The second kappa shape index (κ2) is 14.4. The van der Waals surface area contributed by atoms with E-state index in [-0.39, 0.29) is 23.8 Å². The molecule has 3 heterocycles. The third-order valence-electron chi connectivity index (χ3n) is 7.99. The Balaban J connectivity index is 1.63. The molecule has 0 unspecified atom stereocenters. The summed E-state index contributed by atoms with van der Waals surface area (Å²) in [6.07, 6.45) is 9.05. The van der Waals surface area contributed by atoms with Crippen molar-refractivity contribution >= 4 is 40.5 Å². The summed E-state index contributed by atoms with van der Waals surface area (Å²) in [5.41, 5.74) is 4.78. The largest absolute Gasteiger partial charge is 0.452 e. The van der Waals surface area contributed by atoms with Gasteiger partial charge in [-0.2, -0.15) is 0 Å². The molecule has 2 aliphatic heterocycles. The van der Waals surface area contributed by atoms with Gasteiger partial charge in [0.1, 0.15) is 12.1 Å². The predicted octanol–water partition coefficient (Wildman–Crippen LogP) is 3.98. The Hall–Kier alpha value is -4.05. The number of carbonyl (C=O) groups excluding carboxylic acids is 4. The topological polar surface area (TPSA) is 130 Å². The third kappa shape index (κ3) is 8.07. The zero-order valence-electron chi connectivity index (χ0n) is 25.5. The average molecular weight is 590 g/mol. The lowest BCUT2D eigenvalue weighted by Crippen LogP contribution is -2.61. The van der Waals surface area contributed by atoms with Gasteiger partial charge >= 0.3 is 5.97 Å². The van der Waals surface area contributed by atoms with Gasteiger partial charge in [-0.25, -0.2) is 5.43 Å². The average Bonchev–Trinajstić information content (AvgIpc) is 2.99. The molecule has 2 aromatic rings. The van der Waals surface area contributed by atoms with Crippen LogP contribution in [0.4, 0.5) is 0 Å². The Kier molecular flexibility index (Phi) is 10.7. The highest BCUT2D eigenvalue weighted by Crippen LogP contribution is 2.23. The number of fused-ring (bicyclic) bond motifs is 4. The molecule has 10 nitrogen and oxygen atoms in total. The molecule has 0 spiro atoms. The zero-order chi connectivity index (χ0) is 31.1. The Labute approximate surface area is 253 Å². The lowest BCUT2D eigenvalue weighted by atomic mass is 9.98. The third-order valence-corrected chi connectivity index (χ3v) is 7.99. The molecule has 3 amide bonds. The minimum atomic E-state index is -1.06. The van der Waals surface area contributed by atoms with E-state index in [4.69, 9.17) is 4.74 Å². The highest BCUT2D eigenvalue weighted by molar-refractivity contribution is 5.91. The van der Waals surface area contributed by atoms with Crippen LogP contribution in [0.15, 0.2) is 49.2 Å². The summed E-state index contributed by atoms with van der Waals surface area (Å²) in [4.78, 5) is 57.5. The van der Waals surface area contributed by atoms with Crippen LogP contribution in [0.25, 0.3) is 16.8 Å². The fourth-order valence-corrected chi connectivity index (χ4v) is 5.41. The van der Waals surface area contributed by atoms with Gasteiger partial charge in [-0.1, -0.05) is 38.1 Å². The minimum Gasteiger partial charge on any atom is -0.452 e. The van der Waals surface area contributed by atoms with Gasteiger partial charge in [-0.05, 0) is 81.0 Å². The van der Waals surface area contributed by atoms with Gasteiger partial charge in [0.2, 0.25) is 5.91 Å². The summed E-state index contributed by atoms with van der Waals surface area (Å²) in [7, 11) is 0. The van der Waals surface area contributed by atoms with Crippen molar-refractivity contribution in [2.24, 2.45) is 11.8 Å². The molecule has 1 fully saturated rings. The summed E-state index contributed by atoms with van der Waals surface area (Å²) < 4.78 is 5.73. The number of cyclic esters (lactones) is 1. The van der Waals surface area contributed by atoms with E-state index in [2.05, 4.69) is 27.6 Å². The fraction of sp³-hybridized carbons (Fsp3) is 0.485. The second-order valence-corrected chi connectivity index (χ2v) is 11.8. The maximum Gasteiger partial charge on any atom is 0.310 e. The zero-order valence-corrected chi connectivity index (χ0v) is 25.5. The van der Waals surface area contributed by atoms with Crippen molar-refractivity contribution in [1.29, 1.82) is 0 Å². The van der Waals surface area contributed by atoms with Crippen LogP contribution in [0.5, 0.6) is 0 Å². The first-order chi connectivity index (χ1) is 20.6. The number of benzene rings is 1. The molecule has 5 atom stereocenters. The number of hydrogen-bond acceptors (Lipinski definition) is 7. The molecule has 0 saturated carbocycles. The molecule has 1 aromatic heterocycles. The number of nitrogens with one attached hydrogen (secondary N) is 3. The van der Waals surface area contributed by atoms with Crippen molar-refractivity contribution in [2.75, 3.05) is 6.54 Å². The standard InChI is InChI=1S/C33H43N5O5/c1-6-10-23-11-7-8-12-27-18-26-17-24(14-15-25(26)19-34-27)21(4)35-30(39)28-13-9-16-38(37-28)32(41)22(5)36-31(40)29(20(2)3)43-33(23)42/h6,8,12,14-15,17-23,28-29,37H,1,7,9-11,13,16H2,2-5H3,(H,35,39)(H,36,40)/b12-8+/t21-,22+,23+,28+,29+/m1/s1. The van der Waals surface area contributed by atoms with Crippen molar-refractivity contribution in [3.8, 4) is 0 Å². The van der Waals surface area contributed by atoms with Crippen LogP contribution in [-0.4, -0.2) is 58.4 Å². The first kappa shape index (κ1) is 31.9. The van der Waals surface area contributed by atoms with Gasteiger partial charge in [0, 0.05) is 18.1 Å². The van der Waals surface area contributed by atoms with Crippen LogP contribution >= 0.6 is 0 Å². The van der Waals surface area contributed by atoms with Gasteiger partial charge < -0.3 is 15.4 Å². The van der Waals surface area contributed by atoms with Crippen LogP contribution < -0.4 is 16.1 Å². The van der Waals surface area contributed by atoms with Gasteiger partial charge in [0.05, 0.1) is 17.7 Å². The molecule has 5 bridgehead atoms. The number of hydrogen-bond donors (Lipinski definition) is 3. The number of ether oxygens (including phenoxy) is 1. The monoisotopic (exact) mass is 589 g/mol. The molecule has 3 N–H and O–H groups in total. The van der Waals surface area contributed by atoms with Crippen molar-refractivity contribution < 1.29 is 23.9 Å². The molecule has 230 valence electrons. The smallest absolute Gasteiger partial charge is 0.310 e. The number of pyridine rings is 1. The number of rotatable bonds is 3. The van der Waals surface area contributed by atoms with Crippen LogP contribution in [0, 0.1) is 11.8 Å². The molecule has 1 aromatic carbocycles. The van der Waals surface area contributed by atoms with Crippen molar-refractivity contribution in [1.82, 2.24) is 26.1 Å². The first-order valence-corrected chi connectivity index (χ1v) is 15.1. The van der Waals surface area contributed by atoms with Crippen molar-refractivity contribution in [2.45, 2.75) is 84.0 Å². The van der Waals surface area contributed by atoms with E-state index in [0.29, 0.717) is 38.6 Å². The number of nitrogens with zero attached hydrogens (tertiary/aromatic N) is 2. The van der Waals surface area contributed by atoms with E-state index in [1.54, 1.807) is 26.8 Å². The van der Waals surface area contributed by atoms with Crippen LogP contribution in [0.2, 0.25) is 0 Å². The van der Waals surface area contributed by atoms with Crippen LogP contribution in [0.1, 0.15) is 77.1 Å². The summed E-state index contributed by atoms with van der Waals surface area (Å²) in [5.74, 6) is -2.38. The number of esters is 1. The second-order valence-electron chi connectivity index (χ2n) is 11.8. The molecule has 0 radical (unpaired) electrons. The maximum absolute atomic E-state index is 13.3. The number of amides is 3. The summed E-state index contributed by atoms with van der Waals surface area (Å²) in [5, 5.41) is 9.17. The van der Waals surface area contributed by atoms with Crippen molar-refractivity contribution in [3.63, 3.8) is 0 Å². The molecule has 43 heavy (non-hydrogen) atoms. The Morgan fingerprint density at radius 3 is 2.56 bits per heavy atom. The van der Waals surface area contributed by atoms with E-state index in [9.17, 15) is 19.2 Å². The Morgan fingerprint density at radius 2 is 1.81 bits per heavy atom. The van der Waals surface area contributed by atoms with E-state index in [1.165, 1.54) is 5.01 Å². The molecule has 1 saturated heterocycles. The van der Waals surface area contributed by atoms with Gasteiger partial charge in [0.15, 0.2) is 6.10 Å². The Bertz CT molecular complexity index is 1390. The molecule has 0 aliphatic carbocycles. The fourth-order valence-electron chi connectivity index (χ4n) is 5.41. The quantitative estimate of drug-likeness (QED) is 0.365. The van der Waals surface area contributed by atoms with Gasteiger partial charge in [-0.3, -0.25) is 29.2 Å². The lowest BCUT2D eigenvalue weighted by molar-refractivity contribution is -0.163. The number of carbonyl (C=O) groups is 4.